The lowest BCUT2D eigenvalue weighted by molar-refractivity contribution is 0.100. The number of hydrogen-bond donors (Lipinski definition) is 3. The average molecular weight is 410 g/mol. The summed E-state index contributed by atoms with van der Waals surface area (Å²) in [6, 6.07) is 8.76. The fraction of sp³-hybridized carbons (Fsp3) is 0.222. The molecular formula is C18H20ClN3O4S. The largest absolute Gasteiger partial charge is 0.492 e. The fourth-order valence-electron chi connectivity index (χ4n) is 2.23. The lowest BCUT2D eigenvalue weighted by Crippen LogP contribution is -2.27. The molecule has 0 saturated heterocycles. The van der Waals surface area contributed by atoms with Gasteiger partial charge in [0.05, 0.1) is 29.6 Å². The molecule has 144 valence electrons. The highest BCUT2D eigenvalue weighted by molar-refractivity contribution is 7.82. The summed E-state index contributed by atoms with van der Waals surface area (Å²) in [4.78, 5) is 23.7. The molecule has 0 saturated carbocycles. The molecule has 7 nitrogen and oxygen atoms in total. The zero-order valence-electron chi connectivity index (χ0n) is 14.9. The highest BCUT2D eigenvalue weighted by atomic mass is 35.5. The third kappa shape index (κ3) is 5.21. The minimum absolute atomic E-state index is 0.331. The summed E-state index contributed by atoms with van der Waals surface area (Å²) < 4.78 is 12.1. The molecule has 27 heavy (non-hydrogen) atoms. The number of nitrogens with zero attached hydrogens (tertiary/aromatic N) is 1. The van der Waals surface area contributed by atoms with E-state index in [1.807, 2.05) is 13.8 Å². The monoisotopic (exact) mass is 409 g/mol. The van der Waals surface area contributed by atoms with Crippen molar-refractivity contribution >= 4 is 47.7 Å². The number of rotatable bonds is 7. The van der Waals surface area contributed by atoms with Gasteiger partial charge in [0.1, 0.15) is 11.5 Å². The van der Waals surface area contributed by atoms with E-state index in [0.717, 1.165) is 4.31 Å². The number of carbonyl (C=O) groups is 2. The van der Waals surface area contributed by atoms with Crippen molar-refractivity contribution in [2.45, 2.75) is 13.8 Å². The Labute approximate surface area is 167 Å². The van der Waals surface area contributed by atoms with Crippen molar-refractivity contribution in [1.29, 1.82) is 0 Å². The van der Waals surface area contributed by atoms with Crippen molar-refractivity contribution < 1.29 is 19.1 Å². The van der Waals surface area contributed by atoms with Crippen LogP contribution in [-0.4, -0.2) is 25.2 Å². The van der Waals surface area contributed by atoms with Crippen molar-refractivity contribution in [3.8, 4) is 11.5 Å². The summed E-state index contributed by atoms with van der Waals surface area (Å²) in [7, 11) is 0. The van der Waals surface area contributed by atoms with Crippen LogP contribution < -0.4 is 24.8 Å². The molecule has 0 aliphatic heterocycles. The molecule has 0 fully saturated rings. The zero-order chi connectivity index (χ0) is 20.0. The van der Waals surface area contributed by atoms with Crippen molar-refractivity contribution in [3.63, 3.8) is 0 Å². The van der Waals surface area contributed by atoms with Gasteiger partial charge in [0.2, 0.25) is 5.91 Å². The molecule has 2 aromatic carbocycles. The van der Waals surface area contributed by atoms with E-state index in [4.69, 9.17) is 26.8 Å². The van der Waals surface area contributed by atoms with Crippen LogP contribution in [0.15, 0.2) is 36.4 Å². The van der Waals surface area contributed by atoms with Crippen molar-refractivity contribution in [2.24, 2.45) is 5.73 Å². The number of urea groups is 1. The van der Waals surface area contributed by atoms with Gasteiger partial charge in [-0.05, 0) is 44.2 Å². The van der Waals surface area contributed by atoms with E-state index in [0.29, 0.717) is 46.7 Å². The molecule has 9 heteroatoms. The first-order chi connectivity index (χ1) is 12.9. The zero-order valence-corrected chi connectivity index (χ0v) is 16.5. The van der Waals surface area contributed by atoms with Gasteiger partial charge in [-0.25, -0.2) is 9.10 Å². The molecular weight excluding hydrogens is 390 g/mol. The predicted molar refractivity (Wildman–Crippen MR) is 109 cm³/mol. The van der Waals surface area contributed by atoms with Gasteiger partial charge in [-0.1, -0.05) is 24.4 Å². The normalized spacial score (nSPS) is 10.2. The predicted octanol–water partition coefficient (Wildman–Crippen LogP) is 4.12. The highest BCUT2D eigenvalue weighted by Gasteiger charge is 2.17. The second-order valence-corrected chi connectivity index (χ2v) is 6.11. The molecule has 0 spiro atoms. The van der Waals surface area contributed by atoms with Crippen LogP contribution in [-0.2, 0) is 0 Å². The maximum absolute atomic E-state index is 12.5. The van der Waals surface area contributed by atoms with Gasteiger partial charge < -0.3 is 20.5 Å². The highest BCUT2D eigenvalue weighted by Crippen LogP contribution is 2.36. The summed E-state index contributed by atoms with van der Waals surface area (Å²) in [5.41, 5.74) is 6.37. The number of thiol groups is 1. The summed E-state index contributed by atoms with van der Waals surface area (Å²) in [5, 5.41) is 3.04. The van der Waals surface area contributed by atoms with Gasteiger partial charge in [-0.15, -0.1) is 0 Å². The van der Waals surface area contributed by atoms with Gasteiger partial charge in [0.25, 0.3) is 0 Å². The number of nitrogens with two attached hydrogens (primary N) is 1. The van der Waals surface area contributed by atoms with Crippen molar-refractivity contribution in [2.75, 3.05) is 22.8 Å². The summed E-state index contributed by atoms with van der Waals surface area (Å²) in [5.74, 6) is 0.331. The molecule has 3 amide bonds. The second kappa shape index (κ2) is 9.38. The maximum Gasteiger partial charge on any atom is 0.336 e. The fourth-order valence-corrected chi connectivity index (χ4v) is 2.63. The number of amides is 3. The first kappa shape index (κ1) is 20.7. The minimum Gasteiger partial charge on any atom is -0.492 e. The van der Waals surface area contributed by atoms with E-state index >= 15 is 0 Å². The molecule has 0 aliphatic carbocycles. The van der Waals surface area contributed by atoms with Crippen molar-refractivity contribution in [1.82, 2.24) is 0 Å². The molecule has 0 bridgehead atoms. The topological polar surface area (TPSA) is 93.9 Å². The van der Waals surface area contributed by atoms with Gasteiger partial charge in [0.15, 0.2) is 0 Å². The lowest BCUT2D eigenvalue weighted by Gasteiger charge is -2.19. The van der Waals surface area contributed by atoms with E-state index in [2.05, 4.69) is 18.1 Å². The van der Waals surface area contributed by atoms with Crippen LogP contribution >= 0.6 is 24.4 Å². The smallest absolute Gasteiger partial charge is 0.336 e. The number of hydrogen-bond acceptors (Lipinski definition) is 5. The van der Waals surface area contributed by atoms with Crippen LogP contribution in [0.25, 0.3) is 0 Å². The first-order valence-corrected chi connectivity index (χ1v) is 8.94. The SMILES string of the molecule is CCOc1cc(OCC)c(NC(=O)N(S)c2ccc(C(N)=O)cc2)cc1Cl. The Morgan fingerprint density at radius 3 is 2.26 bits per heavy atom. The van der Waals surface area contributed by atoms with Crippen LogP contribution in [0.1, 0.15) is 24.2 Å². The number of nitrogens with one attached hydrogen (secondary N) is 1. The average Bonchev–Trinajstić information content (AvgIpc) is 2.65. The van der Waals surface area contributed by atoms with E-state index in [9.17, 15) is 9.59 Å². The molecule has 0 aliphatic rings. The molecule has 0 radical (unpaired) electrons. The van der Waals surface area contributed by atoms with Crippen LogP contribution in [0.5, 0.6) is 11.5 Å². The van der Waals surface area contributed by atoms with E-state index < -0.39 is 11.9 Å². The third-order valence-corrected chi connectivity index (χ3v) is 4.17. The second-order valence-electron chi connectivity index (χ2n) is 5.30. The Kier molecular flexibility index (Phi) is 7.20. The lowest BCUT2D eigenvalue weighted by atomic mass is 10.2. The van der Waals surface area contributed by atoms with E-state index in [1.54, 1.807) is 24.3 Å². The Morgan fingerprint density at radius 1 is 1.11 bits per heavy atom. The number of anilines is 2. The Bertz CT molecular complexity index is 830. The number of halogens is 1. The molecule has 0 aromatic heterocycles. The first-order valence-electron chi connectivity index (χ1n) is 8.16. The van der Waals surface area contributed by atoms with Crippen LogP contribution in [0.4, 0.5) is 16.2 Å². The van der Waals surface area contributed by atoms with Gasteiger partial charge in [0, 0.05) is 11.6 Å². The number of primary amides is 1. The minimum atomic E-state index is -0.554. The van der Waals surface area contributed by atoms with Gasteiger partial charge in [-0.3, -0.25) is 4.79 Å². The Morgan fingerprint density at radius 2 is 1.70 bits per heavy atom. The molecule has 3 N–H and O–H groups in total. The Balaban J connectivity index is 2.22. The van der Waals surface area contributed by atoms with Crippen LogP contribution in [0.2, 0.25) is 5.02 Å². The van der Waals surface area contributed by atoms with E-state index in [1.165, 1.54) is 12.1 Å². The maximum atomic E-state index is 12.5. The molecule has 0 atom stereocenters. The number of benzene rings is 2. The summed E-state index contributed by atoms with van der Waals surface area (Å²) in [6.45, 7) is 4.51. The molecule has 0 unspecified atom stereocenters. The quantitative estimate of drug-likeness (QED) is 0.599. The standard InChI is InChI=1S/C18H20ClN3O4S/c1-3-25-15-10-16(26-4-2)14(9-13(15)19)21-18(24)22(27)12-7-5-11(6-8-12)17(20)23/h5-10,27H,3-4H2,1-2H3,(H2,20,23)(H,21,24). The Hall–Kier alpha value is -2.58. The summed E-state index contributed by atoms with van der Waals surface area (Å²) >= 11 is 10.4. The molecule has 0 heterocycles. The molecule has 2 rings (SSSR count). The summed E-state index contributed by atoms with van der Waals surface area (Å²) in [6.07, 6.45) is 0. The van der Waals surface area contributed by atoms with Crippen LogP contribution in [0.3, 0.4) is 0 Å². The van der Waals surface area contributed by atoms with Gasteiger partial charge in [-0.2, -0.15) is 0 Å². The van der Waals surface area contributed by atoms with Crippen LogP contribution in [0, 0.1) is 0 Å². The number of carbonyl (C=O) groups excluding carboxylic acids is 2. The number of ether oxygens (including phenoxy) is 2. The van der Waals surface area contributed by atoms with Crippen molar-refractivity contribution in [3.05, 3.63) is 47.0 Å². The third-order valence-electron chi connectivity index (χ3n) is 3.46. The molecule has 2 aromatic rings. The van der Waals surface area contributed by atoms with Gasteiger partial charge >= 0.3 is 6.03 Å². The van der Waals surface area contributed by atoms with E-state index in [-0.39, 0.29) is 0 Å².